The van der Waals surface area contributed by atoms with Crippen molar-refractivity contribution in [3.63, 3.8) is 0 Å². The van der Waals surface area contributed by atoms with Crippen LogP contribution in [0.4, 0.5) is 5.82 Å². The molecule has 3 heterocycles. The lowest BCUT2D eigenvalue weighted by atomic mass is 10.0. The molecule has 2 aromatic rings. The normalized spacial score (nSPS) is 15.6. The van der Waals surface area contributed by atoms with Gasteiger partial charge in [-0.25, -0.2) is 9.97 Å². The third kappa shape index (κ3) is 4.28. The summed E-state index contributed by atoms with van der Waals surface area (Å²) in [6.45, 7) is 4.42. The maximum Gasteiger partial charge on any atom is 0.222 e. The molecule has 0 radical (unpaired) electrons. The molecule has 1 aliphatic heterocycles. The number of amides is 1. The average Bonchev–Trinajstić information content (AvgIpc) is 3.07. The van der Waals surface area contributed by atoms with Gasteiger partial charge >= 0.3 is 0 Å². The maximum absolute atomic E-state index is 12.0. The summed E-state index contributed by atoms with van der Waals surface area (Å²) in [5.41, 5.74) is 1.03. The van der Waals surface area contributed by atoms with E-state index in [2.05, 4.69) is 25.3 Å². The zero-order valence-electron chi connectivity index (χ0n) is 13.4. The number of anilines is 1. The summed E-state index contributed by atoms with van der Waals surface area (Å²) >= 11 is 0. The van der Waals surface area contributed by atoms with Crippen LogP contribution in [0.3, 0.4) is 0 Å². The highest BCUT2D eigenvalue weighted by molar-refractivity contribution is 5.76. The van der Waals surface area contributed by atoms with Gasteiger partial charge in [-0.05, 0) is 31.9 Å². The zero-order chi connectivity index (χ0) is 16.1. The Balaban J connectivity index is 1.43. The van der Waals surface area contributed by atoms with Crippen LogP contribution in [0.25, 0.3) is 0 Å². The molecular weight excluding hydrogens is 292 g/mol. The monoisotopic (exact) mass is 314 g/mol. The molecule has 0 saturated carbocycles. The molecule has 0 aromatic carbocycles. The second kappa shape index (κ2) is 7.21. The molecule has 1 saturated heterocycles. The number of aromatic nitrogens is 4. The molecule has 0 aliphatic carbocycles. The van der Waals surface area contributed by atoms with Gasteiger partial charge in [-0.15, -0.1) is 0 Å². The molecule has 0 unspecified atom stereocenters. The number of nitrogens with one attached hydrogen (secondary N) is 1. The third-order valence-electron chi connectivity index (χ3n) is 4.09. The van der Waals surface area contributed by atoms with Gasteiger partial charge in [0.25, 0.3) is 0 Å². The first kappa shape index (κ1) is 15.5. The number of piperidine rings is 1. The summed E-state index contributed by atoms with van der Waals surface area (Å²) in [7, 11) is 0. The molecule has 7 nitrogen and oxygen atoms in total. The highest BCUT2D eigenvalue weighted by Gasteiger charge is 2.21. The molecule has 0 atom stereocenters. The Bertz CT molecular complexity index is 634. The van der Waals surface area contributed by atoms with Crippen molar-refractivity contribution in [1.29, 1.82) is 0 Å². The van der Waals surface area contributed by atoms with Crippen LogP contribution in [0.1, 0.15) is 25.0 Å². The van der Waals surface area contributed by atoms with E-state index in [-0.39, 0.29) is 11.9 Å². The SMILES string of the molecule is Cc1cccc(N2CCC(NC(=O)CCn3cncn3)CC2)n1. The summed E-state index contributed by atoms with van der Waals surface area (Å²) in [6.07, 6.45) is 5.44. The van der Waals surface area contributed by atoms with Gasteiger partial charge in [0.2, 0.25) is 5.91 Å². The summed E-state index contributed by atoms with van der Waals surface area (Å²) < 4.78 is 1.67. The molecular formula is C16H22N6O. The predicted octanol–water partition coefficient (Wildman–Crippen LogP) is 1.16. The van der Waals surface area contributed by atoms with Gasteiger partial charge in [-0.3, -0.25) is 9.48 Å². The second-order valence-corrected chi connectivity index (χ2v) is 5.87. The Morgan fingerprint density at radius 2 is 2.17 bits per heavy atom. The molecule has 1 N–H and O–H groups in total. The summed E-state index contributed by atoms with van der Waals surface area (Å²) in [5.74, 6) is 1.11. The average molecular weight is 314 g/mol. The van der Waals surface area contributed by atoms with E-state index >= 15 is 0 Å². The number of carbonyl (C=O) groups excluding carboxylic acids is 1. The third-order valence-corrected chi connectivity index (χ3v) is 4.09. The molecule has 2 aromatic heterocycles. The van der Waals surface area contributed by atoms with Crippen molar-refractivity contribution in [2.45, 2.75) is 38.8 Å². The van der Waals surface area contributed by atoms with Gasteiger partial charge in [0.15, 0.2) is 0 Å². The van der Waals surface area contributed by atoms with Crippen molar-refractivity contribution < 1.29 is 4.79 Å². The van der Waals surface area contributed by atoms with Crippen LogP contribution in [-0.4, -0.2) is 44.8 Å². The zero-order valence-corrected chi connectivity index (χ0v) is 13.4. The summed E-state index contributed by atoms with van der Waals surface area (Å²) in [4.78, 5) is 22.7. The standard InChI is InChI=1S/C16H22N6O/c1-13-3-2-4-15(19-13)21-8-5-14(6-9-21)20-16(23)7-10-22-12-17-11-18-22/h2-4,11-12,14H,5-10H2,1H3,(H,20,23). The quantitative estimate of drug-likeness (QED) is 0.896. The van der Waals surface area contributed by atoms with E-state index in [0.29, 0.717) is 13.0 Å². The minimum Gasteiger partial charge on any atom is -0.356 e. The maximum atomic E-state index is 12.0. The predicted molar refractivity (Wildman–Crippen MR) is 87.0 cm³/mol. The molecule has 3 rings (SSSR count). The highest BCUT2D eigenvalue weighted by atomic mass is 16.1. The van der Waals surface area contributed by atoms with E-state index in [1.807, 2.05) is 25.1 Å². The highest BCUT2D eigenvalue weighted by Crippen LogP contribution is 2.18. The van der Waals surface area contributed by atoms with Gasteiger partial charge < -0.3 is 10.2 Å². The van der Waals surface area contributed by atoms with Crippen LogP contribution < -0.4 is 10.2 Å². The Kier molecular flexibility index (Phi) is 4.85. The fourth-order valence-electron chi connectivity index (χ4n) is 2.82. The topological polar surface area (TPSA) is 75.9 Å². The molecule has 1 fully saturated rings. The van der Waals surface area contributed by atoms with Crippen LogP contribution in [-0.2, 0) is 11.3 Å². The van der Waals surface area contributed by atoms with E-state index in [1.54, 1.807) is 11.0 Å². The Morgan fingerprint density at radius 3 is 2.87 bits per heavy atom. The second-order valence-electron chi connectivity index (χ2n) is 5.87. The van der Waals surface area contributed by atoms with Crippen LogP contribution in [0.15, 0.2) is 30.9 Å². The summed E-state index contributed by atoms with van der Waals surface area (Å²) in [5, 5.41) is 7.11. The van der Waals surface area contributed by atoms with Gasteiger partial charge in [0.05, 0.1) is 6.54 Å². The number of rotatable bonds is 5. The fourth-order valence-corrected chi connectivity index (χ4v) is 2.82. The van der Waals surface area contributed by atoms with E-state index in [4.69, 9.17) is 0 Å². The molecule has 0 spiro atoms. The van der Waals surface area contributed by atoms with Crippen LogP contribution in [0.2, 0.25) is 0 Å². The van der Waals surface area contributed by atoms with Crippen molar-refractivity contribution >= 4 is 11.7 Å². The van der Waals surface area contributed by atoms with Gasteiger partial charge in [-0.2, -0.15) is 5.10 Å². The first-order chi connectivity index (χ1) is 11.2. The lowest BCUT2D eigenvalue weighted by Gasteiger charge is -2.33. The van der Waals surface area contributed by atoms with Gasteiger partial charge in [-0.1, -0.05) is 6.07 Å². The molecule has 0 bridgehead atoms. The molecule has 1 amide bonds. The van der Waals surface area contributed by atoms with E-state index in [1.165, 1.54) is 6.33 Å². The van der Waals surface area contributed by atoms with E-state index < -0.39 is 0 Å². The fraction of sp³-hybridized carbons (Fsp3) is 0.500. The van der Waals surface area contributed by atoms with Crippen molar-refractivity contribution in [3.8, 4) is 0 Å². The lowest BCUT2D eigenvalue weighted by molar-refractivity contribution is -0.122. The Labute approximate surface area is 135 Å². The minimum atomic E-state index is 0.0765. The number of hydrogen-bond donors (Lipinski definition) is 1. The van der Waals surface area contributed by atoms with E-state index in [0.717, 1.165) is 37.4 Å². The lowest BCUT2D eigenvalue weighted by Crippen LogP contribution is -2.45. The molecule has 1 aliphatic rings. The van der Waals surface area contributed by atoms with Crippen molar-refractivity contribution in [2.24, 2.45) is 0 Å². The smallest absolute Gasteiger partial charge is 0.222 e. The van der Waals surface area contributed by atoms with Crippen LogP contribution in [0, 0.1) is 6.92 Å². The molecule has 7 heteroatoms. The number of pyridine rings is 1. The number of aryl methyl sites for hydroxylation is 2. The summed E-state index contributed by atoms with van der Waals surface area (Å²) in [6, 6.07) is 6.34. The Morgan fingerprint density at radius 1 is 1.35 bits per heavy atom. The van der Waals surface area contributed by atoms with Crippen LogP contribution in [0.5, 0.6) is 0 Å². The first-order valence-corrected chi connectivity index (χ1v) is 8.01. The van der Waals surface area contributed by atoms with Crippen molar-refractivity contribution in [2.75, 3.05) is 18.0 Å². The number of nitrogens with zero attached hydrogens (tertiary/aromatic N) is 5. The van der Waals surface area contributed by atoms with Crippen molar-refractivity contribution in [1.82, 2.24) is 25.1 Å². The molecule has 122 valence electrons. The number of hydrogen-bond acceptors (Lipinski definition) is 5. The van der Waals surface area contributed by atoms with Gasteiger partial charge in [0.1, 0.15) is 18.5 Å². The first-order valence-electron chi connectivity index (χ1n) is 8.01. The van der Waals surface area contributed by atoms with E-state index in [9.17, 15) is 4.79 Å². The number of carbonyl (C=O) groups is 1. The minimum absolute atomic E-state index is 0.0765. The van der Waals surface area contributed by atoms with Crippen LogP contribution >= 0.6 is 0 Å². The van der Waals surface area contributed by atoms with Crippen molar-refractivity contribution in [3.05, 3.63) is 36.5 Å². The Hall–Kier alpha value is -2.44. The molecule has 23 heavy (non-hydrogen) atoms. The van der Waals surface area contributed by atoms with Gasteiger partial charge in [0, 0.05) is 31.2 Å². The largest absolute Gasteiger partial charge is 0.356 e.